The van der Waals surface area contributed by atoms with Crippen molar-refractivity contribution in [2.24, 2.45) is 11.3 Å². The maximum absolute atomic E-state index is 6.56. The zero-order valence-corrected chi connectivity index (χ0v) is 13.2. The van der Waals surface area contributed by atoms with E-state index in [0.717, 1.165) is 22.2 Å². The number of ether oxygens (including phenoxy) is 1. The van der Waals surface area contributed by atoms with E-state index >= 15 is 0 Å². The molecule has 0 N–H and O–H groups in total. The number of benzene rings is 1. The monoisotopic (exact) mass is 336 g/mol. The zero-order chi connectivity index (χ0) is 12.8. The summed E-state index contributed by atoms with van der Waals surface area (Å²) in [4.78, 5) is 0. The van der Waals surface area contributed by atoms with Gasteiger partial charge in [-0.3, -0.25) is 0 Å². The zero-order valence-electron chi connectivity index (χ0n) is 10.1. The summed E-state index contributed by atoms with van der Waals surface area (Å²) in [6, 6.07) is 3.72. The van der Waals surface area contributed by atoms with Gasteiger partial charge in [-0.05, 0) is 45.8 Å². The Morgan fingerprint density at radius 2 is 2.06 bits per heavy atom. The van der Waals surface area contributed by atoms with E-state index in [2.05, 4.69) is 29.8 Å². The van der Waals surface area contributed by atoms with E-state index in [1.165, 1.54) is 0 Å². The number of rotatable bonds is 3. The maximum Gasteiger partial charge on any atom is 0.137 e. The van der Waals surface area contributed by atoms with Crippen LogP contribution in [0.1, 0.15) is 31.2 Å². The highest BCUT2D eigenvalue weighted by atomic mass is 79.9. The molecule has 2 rings (SSSR count). The van der Waals surface area contributed by atoms with Gasteiger partial charge in [0.2, 0.25) is 0 Å². The molecule has 1 nitrogen and oxygen atoms in total. The molecule has 1 aromatic carbocycles. The average molecular weight is 338 g/mol. The first kappa shape index (κ1) is 13.5. The van der Waals surface area contributed by atoms with E-state index in [9.17, 15) is 0 Å². The van der Waals surface area contributed by atoms with Gasteiger partial charge in [-0.2, -0.15) is 0 Å². The van der Waals surface area contributed by atoms with Gasteiger partial charge < -0.3 is 4.74 Å². The van der Waals surface area contributed by atoms with Crippen LogP contribution in [-0.4, -0.2) is 7.11 Å². The van der Waals surface area contributed by atoms with Gasteiger partial charge in [0.05, 0.1) is 17.0 Å². The van der Waals surface area contributed by atoms with Crippen molar-refractivity contribution < 1.29 is 4.74 Å². The molecule has 0 aliphatic heterocycles. The molecule has 2 atom stereocenters. The molecule has 1 aliphatic rings. The highest BCUT2D eigenvalue weighted by Crippen LogP contribution is 2.61. The van der Waals surface area contributed by atoms with Crippen LogP contribution >= 0.6 is 39.1 Å². The van der Waals surface area contributed by atoms with Crippen LogP contribution in [-0.2, 0) is 0 Å². The molecule has 17 heavy (non-hydrogen) atoms. The Hall–Kier alpha value is 0.0800. The minimum Gasteiger partial charge on any atom is -0.495 e. The first-order valence-corrected chi connectivity index (χ1v) is 7.14. The largest absolute Gasteiger partial charge is 0.495 e. The van der Waals surface area contributed by atoms with Gasteiger partial charge in [-0.1, -0.05) is 25.4 Å². The summed E-state index contributed by atoms with van der Waals surface area (Å²) in [5.74, 6) is 1.28. The van der Waals surface area contributed by atoms with Crippen LogP contribution in [0.3, 0.4) is 0 Å². The normalized spacial score (nSPS) is 23.3. The van der Waals surface area contributed by atoms with Crippen LogP contribution in [0.5, 0.6) is 5.75 Å². The summed E-state index contributed by atoms with van der Waals surface area (Å²) in [6.45, 7) is 4.47. The van der Waals surface area contributed by atoms with Gasteiger partial charge in [0, 0.05) is 10.6 Å². The molecule has 4 heteroatoms. The van der Waals surface area contributed by atoms with Crippen molar-refractivity contribution in [3.05, 3.63) is 27.2 Å². The van der Waals surface area contributed by atoms with Crippen LogP contribution in [0.4, 0.5) is 0 Å². The summed E-state index contributed by atoms with van der Waals surface area (Å²) < 4.78 is 6.26. The van der Waals surface area contributed by atoms with E-state index in [-0.39, 0.29) is 5.38 Å². The van der Waals surface area contributed by atoms with Gasteiger partial charge in [0.25, 0.3) is 0 Å². The lowest BCUT2D eigenvalue weighted by Gasteiger charge is -2.17. The van der Waals surface area contributed by atoms with Crippen LogP contribution in [0.15, 0.2) is 16.6 Å². The van der Waals surface area contributed by atoms with Crippen molar-refractivity contribution in [1.29, 1.82) is 0 Å². The number of hydrogen-bond donors (Lipinski definition) is 0. The predicted octanol–water partition coefficient (Wildman–Crippen LogP) is 5.44. The van der Waals surface area contributed by atoms with E-state index < -0.39 is 0 Å². The first-order valence-electron chi connectivity index (χ1n) is 5.54. The topological polar surface area (TPSA) is 9.23 Å². The second kappa shape index (κ2) is 4.64. The first-order chi connectivity index (χ1) is 7.86. The van der Waals surface area contributed by atoms with Gasteiger partial charge in [0.1, 0.15) is 5.75 Å². The molecular weight excluding hydrogens is 323 g/mol. The van der Waals surface area contributed by atoms with Gasteiger partial charge in [0.15, 0.2) is 0 Å². The summed E-state index contributed by atoms with van der Waals surface area (Å²) in [6.07, 6.45) is 1.15. The molecule has 94 valence electrons. The second-order valence-corrected chi connectivity index (χ2v) is 6.97. The molecule has 0 heterocycles. The third-order valence-electron chi connectivity index (χ3n) is 3.48. The third-order valence-corrected chi connectivity index (χ3v) is 4.83. The lowest BCUT2D eigenvalue weighted by Crippen LogP contribution is -2.02. The Morgan fingerprint density at radius 1 is 1.47 bits per heavy atom. The predicted molar refractivity (Wildman–Crippen MR) is 76.2 cm³/mol. The summed E-state index contributed by atoms with van der Waals surface area (Å²) in [5, 5.41) is 0.631. The molecule has 1 saturated carbocycles. The number of methoxy groups -OCH3 is 1. The highest BCUT2D eigenvalue weighted by Gasteiger charge is 2.50. The van der Waals surface area contributed by atoms with Crippen LogP contribution in [0.2, 0.25) is 5.02 Å². The average Bonchev–Trinajstić information content (AvgIpc) is 2.85. The van der Waals surface area contributed by atoms with Crippen molar-refractivity contribution >= 4 is 39.1 Å². The second-order valence-electron chi connectivity index (χ2n) is 5.21. The van der Waals surface area contributed by atoms with Crippen LogP contribution in [0, 0.1) is 11.3 Å². The SMILES string of the molecule is COc1c(Br)cc(Cl)cc1C(Cl)C1CC1(C)C. The molecule has 1 aliphatic carbocycles. The van der Waals surface area contributed by atoms with Crippen LogP contribution < -0.4 is 4.74 Å². The molecule has 0 amide bonds. The molecule has 1 fully saturated rings. The van der Waals surface area contributed by atoms with E-state index in [4.69, 9.17) is 27.9 Å². The Labute approximate surface area is 121 Å². The molecule has 1 aromatic rings. The smallest absolute Gasteiger partial charge is 0.137 e. The summed E-state index contributed by atoms with van der Waals surface area (Å²) in [5.41, 5.74) is 1.30. The molecule has 2 unspecified atom stereocenters. The Morgan fingerprint density at radius 3 is 2.53 bits per heavy atom. The molecule has 0 bridgehead atoms. The van der Waals surface area contributed by atoms with Crippen molar-refractivity contribution in [3.8, 4) is 5.75 Å². The van der Waals surface area contributed by atoms with Crippen molar-refractivity contribution in [3.63, 3.8) is 0 Å². The minimum atomic E-state index is -0.0463. The van der Waals surface area contributed by atoms with Gasteiger partial charge in [-0.25, -0.2) is 0 Å². The highest BCUT2D eigenvalue weighted by molar-refractivity contribution is 9.10. The molecule has 0 saturated heterocycles. The Kier molecular flexibility index (Phi) is 3.69. The van der Waals surface area contributed by atoms with Crippen molar-refractivity contribution in [2.75, 3.05) is 7.11 Å². The van der Waals surface area contributed by atoms with E-state index in [1.54, 1.807) is 7.11 Å². The maximum atomic E-state index is 6.56. The van der Waals surface area contributed by atoms with Gasteiger partial charge >= 0.3 is 0 Å². The number of halogens is 3. The lowest BCUT2D eigenvalue weighted by molar-refractivity contribution is 0.403. The summed E-state index contributed by atoms with van der Waals surface area (Å²) >= 11 is 16.1. The molecular formula is C13H15BrCl2O. The Bertz CT molecular complexity index is 445. The number of hydrogen-bond acceptors (Lipinski definition) is 1. The van der Waals surface area contributed by atoms with Crippen molar-refractivity contribution in [1.82, 2.24) is 0 Å². The molecule has 0 spiro atoms. The fourth-order valence-corrected chi connectivity index (χ4v) is 3.81. The quantitative estimate of drug-likeness (QED) is 0.667. The van der Waals surface area contributed by atoms with Crippen LogP contribution in [0.25, 0.3) is 0 Å². The van der Waals surface area contributed by atoms with E-state index in [1.807, 2.05) is 12.1 Å². The lowest BCUT2D eigenvalue weighted by atomic mass is 10.0. The number of alkyl halides is 1. The standard InChI is InChI=1S/C13H15BrCl2O/c1-13(2)6-9(13)11(16)8-4-7(15)5-10(14)12(8)17-3/h4-5,9,11H,6H2,1-3H3. The Balaban J connectivity index is 2.37. The third kappa shape index (κ3) is 2.59. The van der Waals surface area contributed by atoms with Gasteiger partial charge in [-0.15, -0.1) is 11.6 Å². The fourth-order valence-electron chi connectivity index (χ4n) is 2.22. The van der Waals surface area contributed by atoms with E-state index in [0.29, 0.717) is 16.4 Å². The van der Waals surface area contributed by atoms with Crippen molar-refractivity contribution in [2.45, 2.75) is 25.6 Å². The summed E-state index contributed by atoms with van der Waals surface area (Å²) in [7, 11) is 1.65. The fraction of sp³-hybridized carbons (Fsp3) is 0.538. The molecule has 0 aromatic heterocycles. The minimum absolute atomic E-state index is 0.0463. The molecule has 0 radical (unpaired) electrons.